The van der Waals surface area contributed by atoms with E-state index in [1.165, 1.54) is 200 Å². The van der Waals surface area contributed by atoms with Crippen LogP contribution in [0.15, 0.2) is 104 Å². The first-order valence-electron chi connectivity index (χ1n) is 27.0. The van der Waals surface area contributed by atoms with E-state index >= 15 is 0 Å². The predicted octanol–water partition coefficient (Wildman–Crippen LogP) is 21.9. The van der Waals surface area contributed by atoms with Crippen LogP contribution in [0.2, 0.25) is 0 Å². The van der Waals surface area contributed by atoms with Crippen molar-refractivity contribution in [3.8, 4) is 50.3 Å². The number of unbranched alkanes of at least 4 members (excludes halogenated alkanes) is 12. The van der Waals surface area contributed by atoms with E-state index in [9.17, 15) is 0 Å². The predicted molar refractivity (Wildman–Crippen MR) is 339 cm³/mol. The van der Waals surface area contributed by atoms with E-state index in [0.717, 1.165) is 54.6 Å². The Balaban J connectivity index is 0.986. The zero-order valence-electron chi connectivity index (χ0n) is 43.7. The summed E-state index contributed by atoms with van der Waals surface area (Å²) in [4.78, 5) is 29.6. The second-order valence-corrected chi connectivity index (χ2v) is 30.8. The van der Waals surface area contributed by atoms with Crippen LogP contribution in [0.25, 0.3) is 66.9 Å². The van der Waals surface area contributed by atoms with Crippen molar-refractivity contribution in [2.75, 3.05) is 17.8 Å². The molecule has 0 saturated carbocycles. The lowest BCUT2D eigenvalue weighted by molar-refractivity contribution is 0.670. The van der Waals surface area contributed by atoms with Crippen LogP contribution in [0.3, 0.4) is 0 Å². The van der Waals surface area contributed by atoms with E-state index in [1.54, 1.807) is 9.79 Å². The number of aryl methyl sites for hydroxylation is 2. The van der Waals surface area contributed by atoms with Crippen molar-refractivity contribution in [2.24, 2.45) is 9.39 Å². The number of aliphatic imine (C=N–C) groups is 1. The molecule has 0 unspecified atom stereocenters. The SMILES string of the molecule is C=C1C(c2cc3c(s2)-c2sc(-c4cnc(-c5ccc(-c6ccc(CCCCCC)s6)s5)c5nsnc45)cc2S3(CCCCCC)CCCCCC)=CN=C(c2ccc(-c3ccc(CCCCCC)s3)s2)C1=NSC. The Morgan fingerprint density at radius 2 is 1.05 bits per heavy atom. The van der Waals surface area contributed by atoms with Crippen molar-refractivity contribution < 1.29 is 0 Å². The van der Waals surface area contributed by atoms with Gasteiger partial charge >= 0.3 is 0 Å². The molecule has 0 atom stereocenters. The third-order valence-corrected chi connectivity index (χ3v) is 27.2. The van der Waals surface area contributed by atoms with Gasteiger partial charge in [-0.3, -0.25) is 9.98 Å². The molecule has 0 spiro atoms. The summed E-state index contributed by atoms with van der Waals surface area (Å²) in [5.41, 5.74) is 7.79. The largest absolute Gasteiger partial charge is 0.252 e. The molecule has 8 aromatic heterocycles. The van der Waals surface area contributed by atoms with Crippen LogP contribution in [0.4, 0.5) is 0 Å². The monoisotopic (exact) mass is 1150 g/mol. The molecular formula is C60H69N5S9. The van der Waals surface area contributed by atoms with E-state index < -0.39 is 10.0 Å². The van der Waals surface area contributed by atoms with Crippen molar-refractivity contribution in [2.45, 2.75) is 153 Å². The Morgan fingerprint density at radius 1 is 0.541 bits per heavy atom. The molecule has 2 aliphatic rings. The molecule has 0 saturated heterocycles. The molecule has 0 N–H and O–H groups in total. The van der Waals surface area contributed by atoms with Gasteiger partial charge in [0.05, 0.1) is 31.2 Å². The van der Waals surface area contributed by atoms with Crippen LogP contribution >= 0.6 is 102 Å². The number of thiophene rings is 6. The fourth-order valence-corrected chi connectivity index (χ4v) is 23.7. The average Bonchev–Trinajstić information content (AvgIpc) is 4.28. The molecule has 0 amide bonds. The smallest absolute Gasteiger partial charge is 0.132 e. The standard InChI is InChI=1S/C60H69N5S9/c1-7-11-15-19-23-40-25-27-44(67-40)46-29-31-48(69-46)56-54(63-66-6)39(5)42(37-61-56)50-35-52-59(71-50)60-53(74(52,33-21-17-13-9-3)34-22-18-14-10-4)36-51(72-60)43-38-62-57(58-55(43)64-73-65-58)49-32-30-47(70-49)45-28-26-41(68-45)24-20-16-12-8-2/h25-32,35-38H,5,7-24,33-34H2,1-4,6H3. The summed E-state index contributed by atoms with van der Waals surface area (Å²) in [6.07, 6.45) is 29.0. The van der Waals surface area contributed by atoms with E-state index in [0.29, 0.717) is 0 Å². The lowest BCUT2D eigenvalue weighted by Crippen LogP contribution is -2.19. The molecular weight excluding hydrogens is 1080 g/mol. The van der Waals surface area contributed by atoms with Crippen LogP contribution in [0.1, 0.15) is 150 Å². The zero-order valence-corrected chi connectivity index (χ0v) is 51.0. The number of nitrogens with zero attached hydrogens (tertiary/aromatic N) is 5. The lowest BCUT2D eigenvalue weighted by Gasteiger charge is -2.37. The summed E-state index contributed by atoms with van der Waals surface area (Å²) in [7, 11) is -1.35. The van der Waals surface area contributed by atoms with Crippen LogP contribution < -0.4 is 0 Å². The highest BCUT2D eigenvalue weighted by molar-refractivity contribution is 8.34. The molecule has 388 valence electrons. The zero-order chi connectivity index (χ0) is 51.0. The number of aromatic nitrogens is 3. The highest BCUT2D eigenvalue weighted by Crippen LogP contribution is 2.76. The first-order valence-corrected chi connectivity index (χ1v) is 35.8. The molecule has 2 aliphatic heterocycles. The van der Waals surface area contributed by atoms with Gasteiger partial charge in [0.25, 0.3) is 0 Å². The van der Waals surface area contributed by atoms with Crippen molar-refractivity contribution in [1.29, 1.82) is 0 Å². The summed E-state index contributed by atoms with van der Waals surface area (Å²) in [6.45, 7) is 14.0. The number of hydrogen-bond acceptors (Lipinski definition) is 13. The molecule has 0 aromatic carbocycles. The summed E-state index contributed by atoms with van der Waals surface area (Å²) >= 11 is 14.2. The number of pyridine rings is 1. The van der Waals surface area contributed by atoms with E-state index in [2.05, 4.69) is 101 Å². The number of allylic oxidation sites excluding steroid dienone is 2. The van der Waals surface area contributed by atoms with Crippen molar-refractivity contribution in [3.63, 3.8) is 0 Å². The Kier molecular flexibility index (Phi) is 18.6. The normalized spacial score (nSPS) is 15.1. The van der Waals surface area contributed by atoms with Gasteiger partial charge in [-0.25, -0.2) is 4.40 Å². The topological polar surface area (TPSA) is 63.4 Å². The van der Waals surface area contributed by atoms with E-state index in [1.807, 2.05) is 74.3 Å². The fourth-order valence-electron chi connectivity index (χ4n) is 10.3. The van der Waals surface area contributed by atoms with Gasteiger partial charge < -0.3 is 0 Å². The maximum Gasteiger partial charge on any atom is 0.132 e. The van der Waals surface area contributed by atoms with Gasteiger partial charge in [-0.2, -0.15) is 18.8 Å². The number of rotatable bonds is 27. The molecule has 8 aromatic rings. The minimum Gasteiger partial charge on any atom is -0.252 e. The van der Waals surface area contributed by atoms with Gasteiger partial charge in [-0.05, 0) is 123 Å². The number of fused-ring (bicyclic) bond motifs is 4. The van der Waals surface area contributed by atoms with Crippen LogP contribution in [-0.4, -0.2) is 42.9 Å². The third-order valence-electron chi connectivity index (χ3n) is 14.3. The maximum absolute atomic E-state index is 5.27. The van der Waals surface area contributed by atoms with Gasteiger partial charge in [-0.15, -0.1) is 68.0 Å². The Hall–Kier alpha value is -3.31. The van der Waals surface area contributed by atoms with Crippen molar-refractivity contribution in [3.05, 3.63) is 105 Å². The van der Waals surface area contributed by atoms with Crippen LogP contribution in [-0.2, 0) is 12.8 Å². The summed E-state index contributed by atoms with van der Waals surface area (Å²) < 4.78 is 15.0. The highest BCUT2D eigenvalue weighted by atomic mass is 32.3. The van der Waals surface area contributed by atoms with Gasteiger partial charge in [-0.1, -0.05) is 111 Å². The van der Waals surface area contributed by atoms with Crippen molar-refractivity contribution in [1.82, 2.24) is 13.7 Å². The fraction of sp³-hybridized carbons (Fsp3) is 0.417. The molecule has 0 aliphatic carbocycles. The Bertz CT molecular complexity index is 3270. The maximum atomic E-state index is 5.27. The quantitative estimate of drug-likeness (QED) is 0.0380. The second-order valence-electron chi connectivity index (χ2n) is 19.6. The summed E-state index contributed by atoms with van der Waals surface area (Å²) in [5, 5.41) is 0. The molecule has 10 rings (SSSR count). The lowest BCUT2D eigenvalue weighted by atomic mass is 9.96. The molecule has 0 fully saturated rings. The molecule has 5 nitrogen and oxygen atoms in total. The van der Waals surface area contributed by atoms with Gasteiger partial charge in [0, 0.05) is 84.2 Å². The molecule has 0 radical (unpaired) electrons. The first-order chi connectivity index (χ1) is 36.4. The van der Waals surface area contributed by atoms with Crippen molar-refractivity contribution >= 4 is 130 Å². The summed E-state index contributed by atoms with van der Waals surface area (Å²) in [6, 6.07) is 23.4. The average molecular weight is 1150 g/mol. The van der Waals surface area contributed by atoms with Gasteiger partial charge in [0.1, 0.15) is 28.2 Å². The van der Waals surface area contributed by atoms with Gasteiger partial charge in [0.15, 0.2) is 0 Å². The molecule has 14 heteroatoms. The third kappa shape index (κ3) is 11.5. The van der Waals surface area contributed by atoms with Gasteiger partial charge in [0.2, 0.25) is 0 Å². The molecule has 10 heterocycles. The highest BCUT2D eigenvalue weighted by Gasteiger charge is 2.43. The minimum atomic E-state index is -1.35. The first kappa shape index (κ1) is 54.1. The molecule has 74 heavy (non-hydrogen) atoms. The van der Waals surface area contributed by atoms with Crippen LogP contribution in [0.5, 0.6) is 0 Å². The molecule has 0 bridgehead atoms. The number of hydrogen-bond donors (Lipinski definition) is 0. The minimum absolute atomic E-state index is 0.890. The Labute approximate surface area is 474 Å². The van der Waals surface area contributed by atoms with Crippen LogP contribution in [0, 0.1) is 0 Å². The Morgan fingerprint density at radius 3 is 1.66 bits per heavy atom. The second kappa shape index (κ2) is 25.4. The van der Waals surface area contributed by atoms with E-state index in [4.69, 9.17) is 29.7 Å². The van der Waals surface area contributed by atoms with E-state index in [-0.39, 0.29) is 0 Å². The summed E-state index contributed by atoms with van der Waals surface area (Å²) in [5.74, 6) is 2.46.